The number of anilines is 1. The molecule has 3 rings (SSSR count). The molecule has 30 heavy (non-hydrogen) atoms. The summed E-state index contributed by atoms with van der Waals surface area (Å²) in [6, 6.07) is 13.2. The van der Waals surface area contributed by atoms with Crippen LogP contribution in [0.15, 0.2) is 42.5 Å². The number of nitrogens with one attached hydrogen (secondary N) is 1. The highest BCUT2D eigenvalue weighted by molar-refractivity contribution is 7.92. The predicted octanol–water partition coefficient (Wildman–Crippen LogP) is 3.70. The van der Waals surface area contributed by atoms with E-state index in [-0.39, 0.29) is 23.9 Å². The van der Waals surface area contributed by atoms with Gasteiger partial charge in [0.15, 0.2) is 6.10 Å². The van der Waals surface area contributed by atoms with Crippen LogP contribution in [-0.2, 0) is 20.2 Å². The number of benzene rings is 2. The van der Waals surface area contributed by atoms with Gasteiger partial charge in [-0.1, -0.05) is 56.7 Å². The van der Waals surface area contributed by atoms with Crippen LogP contribution in [0.5, 0.6) is 5.75 Å². The summed E-state index contributed by atoms with van der Waals surface area (Å²) in [5.41, 5.74) is 3.44. The van der Waals surface area contributed by atoms with Crippen molar-refractivity contribution in [2.45, 2.75) is 52.2 Å². The summed E-state index contributed by atoms with van der Waals surface area (Å²) in [4.78, 5) is 12.9. The Morgan fingerprint density at radius 3 is 2.37 bits per heavy atom. The van der Waals surface area contributed by atoms with E-state index in [0.717, 1.165) is 22.9 Å². The number of ether oxygens (including phenoxy) is 1. The molecular formula is C23H30N2O4S. The quantitative estimate of drug-likeness (QED) is 0.803. The number of rotatable bonds is 4. The summed E-state index contributed by atoms with van der Waals surface area (Å²) in [7, 11) is -3.58. The highest BCUT2D eigenvalue weighted by Gasteiger charge is 2.36. The van der Waals surface area contributed by atoms with Crippen molar-refractivity contribution < 1.29 is 17.9 Å². The molecule has 0 fully saturated rings. The van der Waals surface area contributed by atoms with Crippen LogP contribution in [0.2, 0.25) is 0 Å². The second-order valence-electron chi connectivity index (χ2n) is 8.97. The normalized spacial score (nSPS) is 17.7. The lowest BCUT2D eigenvalue weighted by atomic mass is 9.86. The molecule has 7 heteroatoms. The lowest BCUT2D eigenvalue weighted by Crippen LogP contribution is -2.50. The third kappa shape index (κ3) is 4.78. The molecule has 0 bridgehead atoms. The molecule has 0 radical (unpaired) electrons. The van der Waals surface area contributed by atoms with Crippen molar-refractivity contribution in [2.75, 3.05) is 17.1 Å². The van der Waals surface area contributed by atoms with Crippen LogP contribution in [0, 0.1) is 6.92 Å². The highest BCUT2D eigenvalue weighted by Crippen LogP contribution is 2.38. The lowest BCUT2D eigenvalue weighted by molar-refractivity contribution is -0.128. The van der Waals surface area contributed by atoms with E-state index in [1.54, 1.807) is 6.07 Å². The van der Waals surface area contributed by atoms with Gasteiger partial charge in [0.2, 0.25) is 10.0 Å². The Kier molecular flexibility index (Phi) is 5.87. The molecule has 2 aromatic carbocycles. The third-order valence-corrected chi connectivity index (χ3v) is 6.47. The molecule has 0 saturated heterocycles. The number of carbonyl (C=O) groups excluding carboxylic acids is 1. The van der Waals surface area contributed by atoms with Crippen LogP contribution in [0.1, 0.15) is 50.4 Å². The molecule has 0 aliphatic carbocycles. The number of aryl methyl sites for hydroxylation is 1. The van der Waals surface area contributed by atoms with Gasteiger partial charge in [-0.2, -0.15) is 0 Å². The van der Waals surface area contributed by atoms with E-state index in [0.29, 0.717) is 11.4 Å². The fraction of sp³-hybridized carbons (Fsp3) is 0.435. The Morgan fingerprint density at radius 1 is 1.17 bits per heavy atom. The van der Waals surface area contributed by atoms with E-state index in [1.165, 1.54) is 4.31 Å². The van der Waals surface area contributed by atoms with Crippen molar-refractivity contribution >= 4 is 21.6 Å². The summed E-state index contributed by atoms with van der Waals surface area (Å²) in [6.07, 6.45) is 0.219. The minimum atomic E-state index is -3.58. The zero-order valence-electron chi connectivity index (χ0n) is 18.4. The molecule has 1 heterocycles. The number of amides is 1. The highest BCUT2D eigenvalue weighted by atomic mass is 32.2. The topological polar surface area (TPSA) is 75.7 Å². The molecule has 1 amide bonds. The maximum absolute atomic E-state index is 12.9. The summed E-state index contributed by atoms with van der Waals surface area (Å²) >= 11 is 0. The molecule has 162 valence electrons. The lowest BCUT2D eigenvalue weighted by Gasteiger charge is -2.35. The van der Waals surface area contributed by atoms with Gasteiger partial charge in [-0.15, -0.1) is 0 Å². The van der Waals surface area contributed by atoms with Gasteiger partial charge in [-0.3, -0.25) is 9.10 Å². The van der Waals surface area contributed by atoms with E-state index in [1.807, 2.05) is 50.2 Å². The van der Waals surface area contributed by atoms with E-state index in [2.05, 4.69) is 26.1 Å². The molecule has 1 N–H and O–H groups in total. The number of sulfonamides is 1. The van der Waals surface area contributed by atoms with Gasteiger partial charge >= 0.3 is 0 Å². The number of fused-ring (bicyclic) bond motifs is 1. The molecular weight excluding hydrogens is 400 g/mol. The van der Waals surface area contributed by atoms with Gasteiger partial charge in [0.05, 0.1) is 24.5 Å². The van der Waals surface area contributed by atoms with Gasteiger partial charge in [-0.05, 0) is 42.5 Å². The zero-order chi connectivity index (χ0) is 22.3. The van der Waals surface area contributed by atoms with Crippen LogP contribution >= 0.6 is 0 Å². The molecule has 2 atom stereocenters. The summed E-state index contributed by atoms with van der Waals surface area (Å²) in [6.45, 7) is 10.0. The number of hydrogen-bond donors (Lipinski definition) is 1. The average molecular weight is 431 g/mol. The molecule has 0 aromatic heterocycles. The van der Waals surface area contributed by atoms with Crippen LogP contribution in [0.25, 0.3) is 0 Å². The van der Waals surface area contributed by atoms with Crippen LogP contribution in [0.4, 0.5) is 5.69 Å². The Labute approximate surface area is 179 Å². The Balaban J connectivity index is 1.86. The van der Waals surface area contributed by atoms with Crippen molar-refractivity contribution in [3.05, 3.63) is 59.2 Å². The molecule has 1 aliphatic rings. The first kappa shape index (κ1) is 22.2. The van der Waals surface area contributed by atoms with Crippen molar-refractivity contribution in [3.8, 4) is 5.75 Å². The van der Waals surface area contributed by atoms with Crippen molar-refractivity contribution in [1.29, 1.82) is 0 Å². The van der Waals surface area contributed by atoms with Crippen LogP contribution in [-0.4, -0.2) is 33.2 Å². The van der Waals surface area contributed by atoms with Crippen molar-refractivity contribution in [1.82, 2.24) is 5.32 Å². The summed E-state index contributed by atoms with van der Waals surface area (Å²) < 4.78 is 32.2. The molecule has 2 aromatic rings. The minimum absolute atomic E-state index is 0.0636. The first-order chi connectivity index (χ1) is 13.9. The third-order valence-electron chi connectivity index (χ3n) is 5.32. The van der Waals surface area contributed by atoms with Gasteiger partial charge < -0.3 is 10.1 Å². The van der Waals surface area contributed by atoms with Crippen LogP contribution in [0.3, 0.4) is 0 Å². The van der Waals surface area contributed by atoms with Crippen LogP contribution < -0.4 is 14.4 Å². The van der Waals surface area contributed by atoms with E-state index in [4.69, 9.17) is 4.74 Å². The van der Waals surface area contributed by atoms with E-state index in [9.17, 15) is 13.2 Å². The molecule has 0 unspecified atom stereocenters. The minimum Gasteiger partial charge on any atom is -0.476 e. The van der Waals surface area contributed by atoms with Crippen molar-refractivity contribution in [2.24, 2.45) is 0 Å². The second-order valence-corrected chi connectivity index (χ2v) is 10.9. The summed E-state index contributed by atoms with van der Waals surface area (Å²) in [5, 5.41) is 2.94. The fourth-order valence-electron chi connectivity index (χ4n) is 3.41. The molecule has 0 saturated carbocycles. The number of nitrogens with zero attached hydrogens (tertiary/aromatic N) is 1. The Morgan fingerprint density at radius 2 is 1.80 bits per heavy atom. The molecule has 1 aliphatic heterocycles. The van der Waals surface area contributed by atoms with Gasteiger partial charge in [-0.25, -0.2) is 8.42 Å². The smallest absolute Gasteiger partial charge is 0.263 e. The maximum Gasteiger partial charge on any atom is 0.263 e. The predicted molar refractivity (Wildman–Crippen MR) is 119 cm³/mol. The maximum atomic E-state index is 12.9. The average Bonchev–Trinajstić information content (AvgIpc) is 2.65. The number of carbonyl (C=O) groups is 1. The van der Waals surface area contributed by atoms with Gasteiger partial charge in [0.25, 0.3) is 5.91 Å². The van der Waals surface area contributed by atoms with Crippen molar-refractivity contribution in [3.63, 3.8) is 0 Å². The first-order valence-corrected chi connectivity index (χ1v) is 11.9. The monoisotopic (exact) mass is 430 g/mol. The largest absolute Gasteiger partial charge is 0.476 e. The van der Waals surface area contributed by atoms with E-state index < -0.39 is 16.1 Å². The standard InChI is InChI=1S/C23H30N2O4S/c1-15-7-9-17(10-8-15)16(2)24-22(26)21-14-25(30(6,27)28)19-13-18(23(3,4)5)11-12-20(19)29-21/h7-13,16,21H,14H2,1-6H3,(H,24,26)/t16-,21+/m0/s1. The Hall–Kier alpha value is -2.54. The fourth-order valence-corrected chi connectivity index (χ4v) is 4.32. The van der Waals surface area contributed by atoms with Gasteiger partial charge in [0.1, 0.15) is 5.75 Å². The summed E-state index contributed by atoms with van der Waals surface area (Å²) in [5.74, 6) is 0.0464. The Bertz CT molecular complexity index is 1040. The number of hydrogen-bond acceptors (Lipinski definition) is 4. The first-order valence-electron chi connectivity index (χ1n) is 10.0. The zero-order valence-corrected chi connectivity index (χ0v) is 19.2. The van der Waals surface area contributed by atoms with E-state index >= 15 is 0 Å². The molecule has 6 nitrogen and oxygen atoms in total. The van der Waals surface area contributed by atoms with Gasteiger partial charge in [0, 0.05) is 0 Å². The molecule has 0 spiro atoms. The second kappa shape index (κ2) is 7.95. The SMILES string of the molecule is Cc1ccc([C@H](C)NC(=O)[C@H]2CN(S(C)(=O)=O)c3cc(C(C)(C)C)ccc3O2)cc1.